The summed E-state index contributed by atoms with van der Waals surface area (Å²) in [5.41, 5.74) is 0. The first kappa shape index (κ1) is 6.50. The molecule has 0 saturated carbocycles. The van der Waals surface area contributed by atoms with Crippen LogP contribution in [-0.2, 0) is 0 Å². The summed E-state index contributed by atoms with van der Waals surface area (Å²) in [5.74, 6) is -0.282. The van der Waals surface area contributed by atoms with Crippen LogP contribution < -0.4 is 0 Å². The van der Waals surface area contributed by atoms with Crippen molar-refractivity contribution in [1.82, 2.24) is 4.98 Å². The molecule has 0 aliphatic carbocycles. The molecule has 0 spiro atoms. The molecule has 0 aromatic carbocycles. The Kier molecular flexibility index (Phi) is 2.45. The van der Waals surface area contributed by atoms with Crippen LogP contribution in [0.15, 0.2) is 18.3 Å². The van der Waals surface area contributed by atoms with E-state index in [4.69, 9.17) is 0 Å². The zero-order chi connectivity index (χ0) is 4.41. The Balaban J connectivity index is 0.000000360. The molecule has 1 rings (SSSR count). The molecule has 0 fully saturated rings. The van der Waals surface area contributed by atoms with Crippen LogP contribution in [0.3, 0.4) is 0 Å². The van der Waals surface area contributed by atoms with Gasteiger partial charge < -0.3 is 4.98 Å². The van der Waals surface area contributed by atoms with Gasteiger partial charge in [-0.1, -0.05) is 0 Å². The van der Waals surface area contributed by atoms with Gasteiger partial charge in [0.2, 0.25) is 0 Å². The first-order valence-corrected chi connectivity index (χ1v) is 1.68. The molecule has 1 aromatic rings. The second kappa shape index (κ2) is 2.64. The zero-order valence-electron chi connectivity index (χ0n) is 3.52. The lowest BCUT2D eigenvalue weighted by atomic mass is 10.7. The number of rotatable bonds is 0. The standard InChI is InChI=1S/C4H4FN.ClH/c5-4-2-1-3-6-4;/h1-3,6H;1H. The smallest absolute Gasteiger partial charge is 0.191 e. The van der Waals surface area contributed by atoms with Gasteiger partial charge in [0.15, 0.2) is 5.95 Å². The molecule has 0 saturated heterocycles. The van der Waals surface area contributed by atoms with Crippen molar-refractivity contribution in [1.29, 1.82) is 0 Å². The van der Waals surface area contributed by atoms with Crippen LogP contribution >= 0.6 is 12.4 Å². The maximum absolute atomic E-state index is 11.6. The molecule has 0 amide bonds. The number of hydrogen-bond donors (Lipinski definition) is 1. The van der Waals surface area contributed by atoms with Crippen LogP contribution in [0.1, 0.15) is 0 Å². The molecule has 1 heterocycles. The van der Waals surface area contributed by atoms with E-state index in [9.17, 15) is 4.39 Å². The van der Waals surface area contributed by atoms with Crippen LogP contribution in [0.4, 0.5) is 4.39 Å². The predicted molar refractivity (Wildman–Crippen MR) is 28.0 cm³/mol. The SMILES string of the molecule is Cl.Fc1ccc[nH]1. The van der Waals surface area contributed by atoms with Gasteiger partial charge in [0, 0.05) is 6.20 Å². The average Bonchev–Trinajstić information content (AvgIpc) is 1.86. The number of nitrogens with one attached hydrogen (secondary N) is 1. The molecule has 0 radical (unpaired) electrons. The molecule has 1 N–H and O–H groups in total. The predicted octanol–water partition coefficient (Wildman–Crippen LogP) is 1.58. The Hall–Kier alpha value is -0.500. The quantitative estimate of drug-likeness (QED) is 0.537. The van der Waals surface area contributed by atoms with Crippen molar-refractivity contribution < 1.29 is 4.39 Å². The van der Waals surface area contributed by atoms with Gasteiger partial charge in [0.05, 0.1) is 0 Å². The van der Waals surface area contributed by atoms with Crippen molar-refractivity contribution in [2.45, 2.75) is 0 Å². The van der Waals surface area contributed by atoms with Crippen LogP contribution in [0.2, 0.25) is 0 Å². The lowest BCUT2D eigenvalue weighted by Gasteiger charge is -1.64. The number of hydrogen-bond acceptors (Lipinski definition) is 0. The van der Waals surface area contributed by atoms with E-state index in [1.54, 1.807) is 6.07 Å². The first-order valence-electron chi connectivity index (χ1n) is 1.68. The van der Waals surface area contributed by atoms with Crippen LogP contribution in [0.25, 0.3) is 0 Å². The summed E-state index contributed by atoms with van der Waals surface area (Å²) in [5, 5.41) is 0. The van der Waals surface area contributed by atoms with Gasteiger partial charge in [-0.2, -0.15) is 4.39 Å². The molecule has 0 atom stereocenters. The summed E-state index contributed by atoms with van der Waals surface area (Å²) in [7, 11) is 0. The molecule has 3 heteroatoms. The third-order valence-electron chi connectivity index (χ3n) is 0.560. The third kappa shape index (κ3) is 1.59. The first-order chi connectivity index (χ1) is 2.89. The largest absolute Gasteiger partial charge is 0.339 e. The molecule has 0 bridgehead atoms. The minimum atomic E-state index is -0.282. The Labute approximate surface area is 47.0 Å². The van der Waals surface area contributed by atoms with E-state index < -0.39 is 0 Å². The summed E-state index contributed by atoms with van der Waals surface area (Å²) < 4.78 is 11.6. The highest BCUT2D eigenvalue weighted by Gasteiger charge is 1.77. The Morgan fingerprint density at radius 3 is 2.43 bits per heavy atom. The van der Waals surface area contributed by atoms with Crippen molar-refractivity contribution in [3.8, 4) is 0 Å². The summed E-state index contributed by atoms with van der Waals surface area (Å²) in [4.78, 5) is 2.33. The van der Waals surface area contributed by atoms with E-state index in [1.807, 2.05) is 0 Å². The maximum atomic E-state index is 11.6. The van der Waals surface area contributed by atoms with E-state index in [0.717, 1.165) is 0 Å². The van der Waals surface area contributed by atoms with Gasteiger partial charge >= 0.3 is 0 Å². The molecule has 40 valence electrons. The van der Waals surface area contributed by atoms with Gasteiger partial charge in [0.25, 0.3) is 0 Å². The van der Waals surface area contributed by atoms with E-state index in [-0.39, 0.29) is 18.4 Å². The third-order valence-corrected chi connectivity index (χ3v) is 0.560. The van der Waals surface area contributed by atoms with Crippen molar-refractivity contribution in [2.75, 3.05) is 0 Å². The molecule has 7 heavy (non-hydrogen) atoms. The van der Waals surface area contributed by atoms with E-state index in [1.165, 1.54) is 12.3 Å². The highest BCUT2D eigenvalue weighted by Crippen LogP contribution is 1.86. The monoisotopic (exact) mass is 121 g/mol. The maximum Gasteiger partial charge on any atom is 0.191 e. The second-order valence-corrected chi connectivity index (χ2v) is 1.02. The second-order valence-electron chi connectivity index (χ2n) is 1.02. The Morgan fingerprint density at radius 1 is 1.57 bits per heavy atom. The fraction of sp³-hybridized carbons (Fsp3) is 0. The summed E-state index contributed by atoms with van der Waals surface area (Å²) in [6.07, 6.45) is 1.54. The molecule has 1 aromatic heterocycles. The summed E-state index contributed by atoms with van der Waals surface area (Å²) in [6, 6.07) is 2.97. The molecule has 1 nitrogen and oxygen atoms in total. The minimum absolute atomic E-state index is 0. The number of aromatic nitrogens is 1. The van der Waals surface area contributed by atoms with E-state index in [2.05, 4.69) is 4.98 Å². The fourth-order valence-corrected chi connectivity index (χ4v) is 0.308. The van der Waals surface area contributed by atoms with Gasteiger partial charge in [-0.05, 0) is 12.1 Å². The van der Waals surface area contributed by atoms with E-state index >= 15 is 0 Å². The van der Waals surface area contributed by atoms with Gasteiger partial charge in [-0.3, -0.25) is 0 Å². The van der Waals surface area contributed by atoms with Crippen molar-refractivity contribution in [3.05, 3.63) is 24.3 Å². The van der Waals surface area contributed by atoms with Gasteiger partial charge in [0.1, 0.15) is 0 Å². The Morgan fingerprint density at radius 2 is 2.29 bits per heavy atom. The highest BCUT2D eigenvalue weighted by molar-refractivity contribution is 5.85. The molecular weight excluding hydrogens is 117 g/mol. The Bertz CT molecular complexity index is 115. The fourth-order valence-electron chi connectivity index (χ4n) is 0.308. The summed E-state index contributed by atoms with van der Waals surface area (Å²) >= 11 is 0. The number of halogens is 2. The highest BCUT2D eigenvalue weighted by atomic mass is 35.5. The molecule has 0 unspecified atom stereocenters. The summed E-state index contributed by atoms with van der Waals surface area (Å²) in [6.45, 7) is 0. The lowest BCUT2D eigenvalue weighted by molar-refractivity contribution is 0.591. The normalized spacial score (nSPS) is 7.57. The van der Waals surface area contributed by atoms with Crippen LogP contribution in [0, 0.1) is 5.95 Å². The van der Waals surface area contributed by atoms with Crippen LogP contribution in [-0.4, -0.2) is 4.98 Å². The number of aromatic amines is 1. The lowest BCUT2D eigenvalue weighted by Crippen LogP contribution is -1.61. The average molecular weight is 122 g/mol. The van der Waals surface area contributed by atoms with Gasteiger partial charge in [-0.15, -0.1) is 12.4 Å². The molecule has 0 aliphatic rings. The number of H-pyrrole nitrogens is 1. The molecular formula is C4H5ClFN. The van der Waals surface area contributed by atoms with Crippen molar-refractivity contribution in [2.24, 2.45) is 0 Å². The zero-order valence-corrected chi connectivity index (χ0v) is 4.33. The van der Waals surface area contributed by atoms with Gasteiger partial charge in [-0.25, -0.2) is 0 Å². The minimum Gasteiger partial charge on any atom is -0.339 e. The van der Waals surface area contributed by atoms with E-state index in [0.29, 0.717) is 0 Å². The topological polar surface area (TPSA) is 15.8 Å². The van der Waals surface area contributed by atoms with Crippen LogP contribution in [0.5, 0.6) is 0 Å². The molecule has 0 aliphatic heterocycles. The van der Waals surface area contributed by atoms with Crippen molar-refractivity contribution in [3.63, 3.8) is 0 Å². The van der Waals surface area contributed by atoms with Crippen molar-refractivity contribution >= 4 is 12.4 Å².